The predicted molar refractivity (Wildman–Crippen MR) is 112 cm³/mol. The van der Waals surface area contributed by atoms with E-state index in [9.17, 15) is 0 Å². The van der Waals surface area contributed by atoms with E-state index in [-0.39, 0.29) is 0 Å². The van der Waals surface area contributed by atoms with Crippen molar-refractivity contribution >= 4 is 13.7 Å². The van der Waals surface area contributed by atoms with Gasteiger partial charge in [-0.25, -0.2) is 0 Å². The first-order chi connectivity index (χ1) is 12.2. The lowest BCUT2D eigenvalue weighted by Crippen LogP contribution is -2.19. The number of benzene rings is 1. The van der Waals surface area contributed by atoms with Crippen LogP contribution in [0.25, 0.3) is 0 Å². The van der Waals surface area contributed by atoms with Crippen LogP contribution in [0.5, 0.6) is 0 Å². The van der Waals surface area contributed by atoms with Crippen LogP contribution in [0.4, 0.5) is 0 Å². The molecule has 0 aliphatic heterocycles. The van der Waals surface area contributed by atoms with E-state index in [1.165, 1.54) is 43.8 Å². The number of hydrogen-bond acceptors (Lipinski definition) is 2. The summed E-state index contributed by atoms with van der Waals surface area (Å²) in [6, 6.07) is 10.6. The van der Waals surface area contributed by atoms with Gasteiger partial charge in [-0.2, -0.15) is 0 Å². The van der Waals surface area contributed by atoms with E-state index in [0.717, 1.165) is 25.7 Å². The predicted octanol–water partition coefficient (Wildman–Crippen LogP) is 7.37. The fraction of sp³-hybridized carbons (Fsp3) is 0.727. The molecule has 1 aromatic rings. The Morgan fingerprint density at radius 1 is 0.720 bits per heavy atom. The summed E-state index contributed by atoms with van der Waals surface area (Å²) < 4.78 is 13.0. The molecule has 0 fully saturated rings. The van der Waals surface area contributed by atoms with Crippen molar-refractivity contribution in [1.82, 2.24) is 0 Å². The van der Waals surface area contributed by atoms with E-state index in [1.807, 2.05) is 0 Å². The molecule has 1 aromatic carbocycles. The molecule has 2 unspecified atom stereocenters. The Bertz CT molecular complexity index is 390. The molecule has 144 valence electrons. The average Bonchev–Trinajstić information content (AvgIpc) is 2.66. The van der Waals surface area contributed by atoms with Crippen molar-refractivity contribution in [3.05, 3.63) is 30.3 Å². The number of rotatable bonds is 15. The summed E-state index contributed by atoms with van der Waals surface area (Å²) in [5.41, 5.74) is 0. The molecule has 0 amide bonds. The summed E-state index contributed by atoms with van der Waals surface area (Å²) in [6.07, 6.45) is 12.6. The minimum atomic E-state index is -0.988. The Kier molecular flexibility index (Phi) is 13.3. The quantitative estimate of drug-likeness (QED) is 0.238. The zero-order valence-corrected chi connectivity index (χ0v) is 17.8. The van der Waals surface area contributed by atoms with Gasteiger partial charge in [-0.05, 0) is 37.8 Å². The van der Waals surface area contributed by atoms with Gasteiger partial charge < -0.3 is 9.05 Å². The van der Waals surface area contributed by atoms with Gasteiger partial charge >= 0.3 is 0 Å². The fourth-order valence-corrected chi connectivity index (χ4v) is 4.63. The van der Waals surface area contributed by atoms with Gasteiger partial charge in [-0.15, -0.1) is 0 Å². The standard InChI is InChI=1S/C22H39O2P/c1-5-9-12-16-20(7-3)23-25(22-18-14-11-15-19-22)24-21(8-4)17-13-10-6-2/h11,14-15,18-21H,5-10,12-13,16-17H2,1-4H3. The lowest BCUT2D eigenvalue weighted by molar-refractivity contribution is 0.130. The number of unbranched alkanes of at least 4 members (excludes halogenated alkanes) is 4. The van der Waals surface area contributed by atoms with Gasteiger partial charge in [0.2, 0.25) is 8.38 Å². The molecule has 0 aromatic heterocycles. The van der Waals surface area contributed by atoms with E-state index < -0.39 is 8.38 Å². The minimum Gasteiger partial charge on any atom is -0.327 e. The van der Waals surface area contributed by atoms with Crippen LogP contribution in [-0.4, -0.2) is 12.2 Å². The summed E-state index contributed by atoms with van der Waals surface area (Å²) >= 11 is 0. The normalized spacial score (nSPS) is 15.0. The van der Waals surface area contributed by atoms with Gasteiger partial charge in [-0.1, -0.05) is 84.4 Å². The highest BCUT2D eigenvalue weighted by Gasteiger charge is 2.22. The second-order valence-corrected chi connectivity index (χ2v) is 8.31. The molecule has 0 saturated heterocycles. The van der Waals surface area contributed by atoms with E-state index in [0.29, 0.717) is 12.2 Å². The molecule has 0 aliphatic rings. The molecule has 1 rings (SSSR count). The van der Waals surface area contributed by atoms with Gasteiger partial charge in [-0.3, -0.25) is 0 Å². The van der Waals surface area contributed by atoms with Crippen LogP contribution < -0.4 is 5.30 Å². The Hall–Kier alpha value is -0.430. The fourth-order valence-electron chi connectivity index (χ4n) is 2.87. The third-order valence-corrected chi connectivity index (χ3v) is 6.33. The van der Waals surface area contributed by atoms with Crippen LogP contribution in [0.3, 0.4) is 0 Å². The summed E-state index contributed by atoms with van der Waals surface area (Å²) in [5, 5.41) is 1.21. The largest absolute Gasteiger partial charge is 0.327 e. The first-order valence-corrected chi connectivity index (χ1v) is 11.6. The van der Waals surface area contributed by atoms with Crippen LogP contribution in [0, 0.1) is 0 Å². The molecule has 2 atom stereocenters. The molecule has 0 bridgehead atoms. The Morgan fingerprint density at radius 2 is 1.20 bits per heavy atom. The average molecular weight is 367 g/mol. The summed E-state index contributed by atoms with van der Waals surface area (Å²) in [4.78, 5) is 0. The molecule has 2 nitrogen and oxygen atoms in total. The van der Waals surface area contributed by atoms with Crippen molar-refractivity contribution in [2.24, 2.45) is 0 Å². The van der Waals surface area contributed by atoms with Gasteiger partial charge in [0.1, 0.15) is 0 Å². The van der Waals surface area contributed by atoms with Crippen molar-refractivity contribution in [1.29, 1.82) is 0 Å². The smallest absolute Gasteiger partial charge is 0.205 e. The van der Waals surface area contributed by atoms with Crippen LogP contribution >= 0.6 is 8.38 Å². The first-order valence-electron chi connectivity index (χ1n) is 10.4. The lowest BCUT2D eigenvalue weighted by Gasteiger charge is -2.27. The summed E-state index contributed by atoms with van der Waals surface area (Å²) in [7, 11) is -0.988. The highest BCUT2D eigenvalue weighted by atomic mass is 31.2. The SMILES string of the molecule is CCCCCC(CC)OP(OC(CC)CCCCC)c1ccccc1. The molecular formula is C22H39O2P. The van der Waals surface area contributed by atoms with E-state index in [4.69, 9.17) is 9.05 Å². The van der Waals surface area contributed by atoms with Gasteiger partial charge in [0.05, 0.1) is 12.2 Å². The van der Waals surface area contributed by atoms with E-state index in [1.54, 1.807) is 0 Å². The molecule has 25 heavy (non-hydrogen) atoms. The highest BCUT2D eigenvalue weighted by Crippen LogP contribution is 2.42. The highest BCUT2D eigenvalue weighted by molar-refractivity contribution is 7.56. The maximum Gasteiger partial charge on any atom is 0.205 e. The molecule has 0 spiro atoms. The Morgan fingerprint density at radius 3 is 1.60 bits per heavy atom. The molecule has 3 heteroatoms. The molecule has 0 N–H and O–H groups in total. The zero-order chi connectivity index (χ0) is 18.3. The number of hydrogen-bond donors (Lipinski definition) is 0. The van der Waals surface area contributed by atoms with E-state index >= 15 is 0 Å². The molecule has 0 radical (unpaired) electrons. The lowest BCUT2D eigenvalue weighted by atomic mass is 10.1. The minimum absolute atomic E-state index is 0.311. The van der Waals surface area contributed by atoms with Crippen LogP contribution in [-0.2, 0) is 9.05 Å². The van der Waals surface area contributed by atoms with Crippen molar-refractivity contribution in [2.75, 3.05) is 0 Å². The van der Waals surface area contributed by atoms with Crippen LogP contribution in [0.1, 0.15) is 91.9 Å². The zero-order valence-electron chi connectivity index (χ0n) is 16.9. The molecule has 0 heterocycles. The van der Waals surface area contributed by atoms with Crippen LogP contribution in [0.2, 0.25) is 0 Å². The maximum absolute atomic E-state index is 6.51. The van der Waals surface area contributed by atoms with Crippen molar-refractivity contribution in [3.63, 3.8) is 0 Å². The summed E-state index contributed by atoms with van der Waals surface area (Å²) in [6.45, 7) is 8.97. The Labute approximate surface area is 157 Å². The van der Waals surface area contributed by atoms with Gasteiger partial charge in [0.25, 0.3) is 0 Å². The maximum atomic E-state index is 6.51. The molecular weight excluding hydrogens is 327 g/mol. The second-order valence-electron chi connectivity index (χ2n) is 6.86. The third-order valence-electron chi connectivity index (χ3n) is 4.63. The van der Waals surface area contributed by atoms with Crippen molar-refractivity contribution < 1.29 is 9.05 Å². The molecule has 0 saturated carbocycles. The first kappa shape index (κ1) is 22.6. The van der Waals surface area contributed by atoms with Crippen LogP contribution in [0.15, 0.2) is 30.3 Å². The van der Waals surface area contributed by atoms with E-state index in [2.05, 4.69) is 58.0 Å². The second kappa shape index (κ2) is 14.7. The van der Waals surface area contributed by atoms with Gasteiger partial charge in [0.15, 0.2) is 0 Å². The topological polar surface area (TPSA) is 18.5 Å². The van der Waals surface area contributed by atoms with Crippen molar-refractivity contribution in [3.8, 4) is 0 Å². The van der Waals surface area contributed by atoms with Crippen molar-refractivity contribution in [2.45, 2.75) is 104 Å². The molecule has 0 aliphatic carbocycles. The van der Waals surface area contributed by atoms with Gasteiger partial charge in [0, 0.05) is 5.30 Å². The monoisotopic (exact) mass is 366 g/mol. The summed E-state index contributed by atoms with van der Waals surface area (Å²) in [5.74, 6) is 0. The third kappa shape index (κ3) is 9.73. The Balaban J connectivity index is 2.71.